The van der Waals surface area contributed by atoms with E-state index in [1.807, 2.05) is 74.5 Å². The summed E-state index contributed by atoms with van der Waals surface area (Å²) in [6.07, 6.45) is 2.17. The Morgan fingerprint density at radius 3 is 2.10 bits per heavy atom. The van der Waals surface area contributed by atoms with Crippen LogP contribution in [0, 0.1) is 5.92 Å². The summed E-state index contributed by atoms with van der Waals surface area (Å²) < 4.78 is 0. The zero-order valence-corrected chi connectivity index (χ0v) is 24.6. The third-order valence-corrected chi connectivity index (χ3v) is 8.21. The van der Waals surface area contributed by atoms with E-state index in [2.05, 4.69) is 10.6 Å². The van der Waals surface area contributed by atoms with Crippen molar-refractivity contribution in [3.05, 3.63) is 71.8 Å². The van der Waals surface area contributed by atoms with Gasteiger partial charge in [0.1, 0.15) is 12.1 Å². The van der Waals surface area contributed by atoms with Crippen molar-refractivity contribution in [2.75, 3.05) is 20.1 Å². The molecule has 4 amide bonds. The van der Waals surface area contributed by atoms with Crippen LogP contribution in [0.2, 0.25) is 0 Å². The lowest BCUT2D eigenvalue weighted by Gasteiger charge is -2.39. The van der Waals surface area contributed by atoms with Gasteiger partial charge in [-0.2, -0.15) is 0 Å². The number of rotatable bonds is 9. The first-order valence-electron chi connectivity index (χ1n) is 14.8. The van der Waals surface area contributed by atoms with Crippen LogP contribution < -0.4 is 16.0 Å². The van der Waals surface area contributed by atoms with Gasteiger partial charge in [0.05, 0.1) is 13.1 Å². The molecule has 0 aliphatic carbocycles. The number of nitrogens with one attached hydrogen (secondary N) is 2. The lowest BCUT2D eigenvalue weighted by Crippen LogP contribution is -2.88. The number of nitrogens with zero attached hydrogens (tertiary/aromatic N) is 2. The van der Waals surface area contributed by atoms with Crippen LogP contribution in [0.1, 0.15) is 63.6 Å². The number of likely N-dealkylation sites (N-methyl/N-ethyl adjacent to an activating group) is 1. The van der Waals surface area contributed by atoms with Crippen LogP contribution in [0.4, 0.5) is 0 Å². The van der Waals surface area contributed by atoms with E-state index < -0.39 is 12.1 Å². The number of nitrogens with two attached hydrogens (primary N) is 1. The van der Waals surface area contributed by atoms with E-state index in [0.717, 1.165) is 11.1 Å². The smallest absolute Gasteiger partial charge is 0.278 e. The fourth-order valence-corrected chi connectivity index (χ4v) is 5.79. The molecule has 2 fully saturated rings. The van der Waals surface area contributed by atoms with E-state index in [0.29, 0.717) is 32.2 Å². The molecule has 9 nitrogen and oxygen atoms in total. The second-order valence-corrected chi connectivity index (χ2v) is 11.7. The minimum absolute atomic E-state index is 0.0172. The van der Waals surface area contributed by atoms with Crippen LogP contribution in [0.3, 0.4) is 0 Å². The van der Waals surface area contributed by atoms with Crippen molar-refractivity contribution in [2.24, 2.45) is 5.92 Å². The molecule has 9 heteroatoms. The summed E-state index contributed by atoms with van der Waals surface area (Å²) >= 11 is 0. The van der Waals surface area contributed by atoms with Gasteiger partial charge in [0, 0.05) is 25.6 Å². The van der Waals surface area contributed by atoms with Gasteiger partial charge < -0.3 is 25.8 Å². The van der Waals surface area contributed by atoms with Gasteiger partial charge in [-0.05, 0) is 43.2 Å². The zero-order chi connectivity index (χ0) is 29.5. The fourth-order valence-electron chi connectivity index (χ4n) is 5.79. The second-order valence-electron chi connectivity index (χ2n) is 11.7. The van der Waals surface area contributed by atoms with Crippen LogP contribution in [0.15, 0.2) is 60.7 Å². The predicted octanol–water partition coefficient (Wildman–Crippen LogP) is 1.60. The summed E-state index contributed by atoms with van der Waals surface area (Å²) in [6, 6.07) is 17.1. The van der Waals surface area contributed by atoms with E-state index in [4.69, 9.17) is 0 Å². The highest BCUT2D eigenvalue weighted by molar-refractivity contribution is 5.94. The predicted molar refractivity (Wildman–Crippen MR) is 156 cm³/mol. The Hall–Kier alpha value is -3.72. The SMILES string of the molecule is C[NH2+]C(C)C(=O)NC1CN(C(=O)CC(C)C)CCC2CCC(C(=O)NC(c3ccccc3)c3ccccc3)N2C1=O. The highest BCUT2D eigenvalue weighted by Gasteiger charge is 2.46. The molecular weight excluding hydrogens is 518 g/mol. The molecule has 4 unspecified atom stereocenters. The Labute approximate surface area is 243 Å². The first kappa shape index (κ1) is 30.2. The maximum Gasteiger partial charge on any atom is 0.278 e. The number of carbonyl (C=O) groups excluding carboxylic acids is 4. The van der Waals surface area contributed by atoms with Crippen molar-refractivity contribution < 1.29 is 24.5 Å². The molecule has 2 saturated heterocycles. The molecule has 0 radical (unpaired) electrons. The molecule has 2 aliphatic heterocycles. The molecule has 4 atom stereocenters. The highest BCUT2D eigenvalue weighted by Crippen LogP contribution is 2.31. The highest BCUT2D eigenvalue weighted by atomic mass is 16.2. The first-order valence-corrected chi connectivity index (χ1v) is 14.8. The molecule has 2 aliphatic rings. The van der Waals surface area contributed by atoms with Crippen LogP contribution >= 0.6 is 0 Å². The minimum Gasteiger partial charge on any atom is -0.343 e. The molecule has 2 heterocycles. The molecule has 0 saturated carbocycles. The Morgan fingerprint density at radius 2 is 1.54 bits per heavy atom. The molecule has 0 bridgehead atoms. The van der Waals surface area contributed by atoms with E-state index in [-0.39, 0.29) is 54.2 Å². The van der Waals surface area contributed by atoms with Crippen molar-refractivity contribution in [1.29, 1.82) is 0 Å². The van der Waals surface area contributed by atoms with E-state index in [1.165, 1.54) is 0 Å². The Morgan fingerprint density at radius 1 is 0.927 bits per heavy atom. The average Bonchev–Trinajstić information content (AvgIpc) is 3.39. The molecule has 0 aromatic heterocycles. The summed E-state index contributed by atoms with van der Waals surface area (Å²) in [7, 11) is 1.80. The number of quaternary nitrogens is 1. The Bertz CT molecular complexity index is 1170. The number of hydrogen-bond acceptors (Lipinski definition) is 4. The van der Waals surface area contributed by atoms with Crippen LogP contribution in [0.5, 0.6) is 0 Å². The lowest BCUT2D eigenvalue weighted by atomic mass is 9.98. The molecule has 2 aromatic carbocycles. The number of carbonyl (C=O) groups is 4. The average molecular weight is 563 g/mol. The van der Waals surface area contributed by atoms with Crippen LogP contribution in [-0.2, 0) is 19.2 Å². The Kier molecular flexibility index (Phi) is 10.2. The van der Waals surface area contributed by atoms with Gasteiger partial charge in [-0.1, -0.05) is 74.5 Å². The van der Waals surface area contributed by atoms with Gasteiger partial charge in [-0.3, -0.25) is 19.2 Å². The second kappa shape index (κ2) is 13.8. The monoisotopic (exact) mass is 562 g/mol. The normalized spacial score (nSPS) is 21.7. The number of benzene rings is 2. The quantitative estimate of drug-likeness (QED) is 0.431. The molecule has 4 rings (SSSR count). The maximum atomic E-state index is 14.1. The third-order valence-electron chi connectivity index (χ3n) is 8.21. The summed E-state index contributed by atoms with van der Waals surface area (Å²) in [6.45, 7) is 6.33. The molecular formula is C32H44N5O4+. The molecule has 2 aromatic rings. The van der Waals surface area contributed by atoms with Gasteiger partial charge in [-0.15, -0.1) is 0 Å². The first-order chi connectivity index (χ1) is 19.7. The van der Waals surface area contributed by atoms with Crippen molar-refractivity contribution >= 4 is 23.6 Å². The number of amides is 4. The summed E-state index contributed by atoms with van der Waals surface area (Å²) in [5, 5.41) is 7.90. The summed E-state index contributed by atoms with van der Waals surface area (Å²) in [5.41, 5.74) is 1.91. The van der Waals surface area contributed by atoms with Crippen LogP contribution in [0.25, 0.3) is 0 Å². The topological polar surface area (TPSA) is 115 Å². The largest absolute Gasteiger partial charge is 0.343 e. The lowest BCUT2D eigenvalue weighted by molar-refractivity contribution is -0.646. The molecule has 220 valence electrons. The molecule has 4 N–H and O–H groups in total. The number of hydrogen-bond donors (Lipinski definition) is 3. The van der Waals surface area contributed by atoms with E-state index >= 15 is 0 Å². The van der Waals surface area contributed by atoms with E-state index in [1.54, 1.807) is 29.1 Å². The minimum atomic E-state index is -0.920. The van der Waals surface area contributed by atoms with Crippen molar-refractivity contribution in [3.63, 3.8) is 0 Å². The van der Waals surface area contributed by atoms with Crippen LogP contribution in [-0.4, -0.2) is 77.7 Å². The maximum absolute atomic E-state index is 14.1. The van der Waals surface area contributed by atoms with Crippen molar-refractivity contribution in [1.82, 2.24) is 20.4 Å². The fraction of sp³-hybridized carbons (Fsp3) is 0.500. The van der Waals surface area contributed by atoms with Gasteiger partial charge >= 0.3 is 0 Å². The van der Waals surface area contributed by atoms with Gasteiger partial charge in [0.25, 0.3) is 5.91 Å². The standard InChI is InChI=1S/C32H43N5O4/c1-21(2)19-28(38)36-18-17-25-15-16-27(37(25)32(41)26(20-36)34-30(39)22(3)33-4)31(40)35-29(23-11-7-5-8-12-23)24-13-9-6-10-14-24/h5-14,21-22,25-27,29,33H,15-20H2,1-4H3,(H,34,39)(H,35,40)/p+1. The van der Waals surface area contributed by atoms with Crippen molar-refractivity contribution in [2.45, 2.75) is 76.7 Å². The number of fused-ring (bicyclic) bond motifs is 1. The van der Waals surface area contributed by atoms with Gasteiger partial charge in [0.2, 0.25) is 17.7 Å². The zero-order valence-electron chi connectivity index (χ0n) is 24.6. The molecule has 0 spiro atoms. The van der Waals surface area contributed by atoms with Gasteiger partial charge in [-0.25, -0.2) is 0 Å². The summed E-state index contributed by atoms with van der Waals surface area (Å²) in [4.78, 5) is 57.5. The van der Waals surface area contributed by atoms with E-state index in [9.17, 15) is 19.2 Å². The third kappa shape index (κ3) is 7.33. The molecule has 41 heavy (non-hydrogen) atoms. The van der Waals surface area contributed by atoms with Gasteiger partial charge in [0.15, 0.2) is 6.04 Å². The summed E-state index contributed by atoms with van der Waals surface area (Å²) in [5.74, 6) is -0.622. The Balaban J connectivity index is 1.60. The van der Waals surface area contributed by atoms with Crippen molar-refractivity contribution in [3.8, 4) is 0 Å².